The fourth-order valence-corrected chi connectivity index (χ4v) is 2.24. The topological polar surface area (TPSA) is 49.9 Å². The third-order valence-corrected chi connectivity index (χ3v) is 3.29. The van der Waals surface area contributed by atoms with Gasteiger partial charge in [0.25, 0.3) is 0 Å². The monoisotopic (exact) mass is 256 g/mol. The standard InChI is InChI=1S/C13H24N2O3/c1-14(2)10-7-11(16)12(13(17)18-3)15-8-5-4-6-9-15/h12H,4-10H2,1-3H3. The number of hydrogen-bond donors (Lipinski definition) is 0. The maximum Gasteiger partial charge on any atom is 0.330 e. The van der Waals surface area contributed by atoms with Gasteiger partial charge in [-0.25, -0.2) is 4.79 Å². The average molecular weight is 256 g/mol. The summed E-state index contributed by atoms with van der Waals surface area (Å²) < 4.78 is 4.78. The number of piperidine rings is 1. The van der Waals surface area contributed by atoms with Crippen LogP contribution in [-0.4, -0.2) is 68.4 Å². The van der Waals surface area contributed by atoms with E-state index in [0.29, 0.717) is 13.0 Å². The van der Waals surface area contributed by atoms with Crippen LogP contribution in [0.4, 0.5) is 0 Å². The molecule has 0 aromatic heterocycles. The van der Waals surface area contributed by atoms with Crippen molar-refractivity contribution in [3.8, 4) is 0 Å². The minimum Gasteiger partial charge on any atom is -0.468 e. The van der Waals surface area contributed by atoms with Gasteiger partial charge in [-0.15, -0.1) is 0 Å². The van der Waals surface area contributed by atoms with Gasteiger partial charge < -0.3 is 9.64 Å². The first-order valence-corrected chi connectivity index (χ1v) is 6.55. The molecule has 1 aliphatic rings. The number of nitrogens with zero attached hydrogens (tertiary/aromatic N) is 2. The third-order valence-electron chi connectivity index (χ3n) is 3.29. The molecule has 0 radical (unpaired) electrons. The smallest absolute Gasteiger partial charge is 0.330 e. The largest absolute Gasteiger partial charge is 0.468 e. The molecule has 0 N–H and O–H groups in total. The highest BCUT2D eigenvalue weighted by atomic mass is 16.5. The first kappa shape index (κ1) is 15.1. The zero-order valence-electron chi connectivity index (χ0n) is 11.6. The van der Waals surface area contributed by atoms with Crippen LogP contribution in [0.25, 0.3) is 0 Å². The molecule has 5 heteroatoms. The fraction of sp³-hybridized carbons (Fsp3) is 0.846. The Labute approximate surface area is 109 Å². The predicted octanol–water partition coefficient (Wildman–Crippen LogP) is 0.535. The van der Waals surface area contributed by atoms with Crippen molar-refractivity contribution in [2.75, 3.05) is 40.8 Å². The Balaban J connectivity index is 2.64. The lowest BCUT2D eigenvalue weighted by molar-refractivity contribution is -0.151. The molecule has 0 saturated carbocycles. The molecule has 0 aromatic rings. The summed E-state index contributed by atoms with van der Waals surface area (Å²) in [5.41, 5.74) is 0. The highest BCUT2D eigenvalue weighted by Gasteiger charge is 2.33. The van der Waals surface area contributed by atoms with Crippen molar-refractivity contribution in [3.05, 3.63) is 0 Å². The summed E-state index contributed by atoms with van der Waals surface area (Å²) in [5.74, 6) is -0.446. The second-order valence-electron chi connectivity index (χ2n) is 5.04. The zero-order chi connectivity index (χ0) is 13.5. The third kappa shape index (κ3) is 4.38. The van der Waals surface area contributed by atoms with E-state index in [2.05, 4.69) is 0 Å². The Hall–Kier alpha value is -0.940. The molecule has 0 aliphatic carbocycles. The van der Waals surface area contributed by atoms with E-state index in [9.17, 15) is 9.59 Å². The van der Waals surface area contributed by atoms with E-state index in [1.54, 1.807) is 0 Å². The predicted molar refractivity (Wildman–Crippen MR) is 69.4 cm³/mol. The Kier molecular flexibility index (Phi) is 6.29. The van der Waals surface area contributed by atoms with Gasteiger partial charge in [-0.1, -0.05) is 6.42 Å². The Morgan fingerprint density at radius 1 is 1.22 bits per heavy atom. The van der Waals surface area contributed by atoms with Gasteiger partial charge in [0.1, 0.15) is 0 Å². The molecular weight excluding hydrogens is 232 g/mol. The van der Waals surface area contributed by atoms with Crippen molar-refractivity contribution in [2.24, 2.45) is 0 Å². The number of likely N-dealkylation sites (tertiary alicyclic amines) is 1. The fourth-order valence-electron chi connectivity index (χ4n) is 2.24. The molecule has 1 heterocycles. The van der Waals surface area contributed by atoms with Crippen molar-refractivity contribution in [1.82, 2.24) is 9.80 Å². The number of rotatable bonds is 6. The van der Waals surface area contributed by atoms with E-state index in [1.165, 1.54) is 13.5 Å². The molecule has 18 heavy (non-hydrogen) atoms. The van der Waals surface area contributed by atoms with Gasteiger partial charge in [0.15, 0.2) is 11.8 Å². The summed E-state index contributed by atoms with van der Waals surface area (Å²) in [4.78, 5) is 27.9. The molecule has 5 nitrogen and oxygen atoms in total. The summed E-state index contributed by atoms with van der Waals surface area (Å²) >= 11 is 0. The number of methoxy groups -OCH3 is 1. The number of esters is 1. The van der Waals surface area contributed by atoms with Gasteiger partial charge in [0.2, 0.25) is 0 Å². The second kappa shape index (κ2) is 7.48. The summed E-state index contributed by atoms with van der Waals surface area (Å²) in [6.45, 7) is 2.29. The molecule has 1 atom stereocenters. The number of carbonyl (C=O) groups is 2. The van der Waals surface area contributed by atoms with Crippen molar-refractivity contribution in [3.63, 3.8) is 0 Å². The van der Waals surface area contributed by atoms with Gasteiger partial charge in [-0.2, -0.15) is 0 Å². The van der Waals surface area contributed by atoms with Crippen LogP contribution in [0.1, 0.15) is 25.7 Å². The van der Waals surface area contributed by atoms with E-state index in [0.717, 1.165) is 25.9 Å². The minimum absolute atomic E-state index is 0.0301. The summed E-state index contributed by atoms with van der Waals surface area (Å²) in [6, 6.07) is -0.699. The molecule has 0 amide bonds. The van der Waals surface area contributed by atoms with Crippen LogP contribution >= 0.6 is 0 Å². The molecule has 0 spiro atoms. The average Bonchev–Trinajstić information content (AvgIpc) is 2.37. The molecule has 1 unspecified atom stereocenters. The van der Waals surface area contributed by atoms with Crippen LogP contribution in [0, 0.1) is 0 Å². The molecule has 0 aromatic carbocycles. The van der Waals surface area contributed by atoms with Crippen LogP contribution in [0.3, 0.4) is 0 Å². The van der Waals surface area contributed by atoms with E-state index in [4.69, 9.17) is 4.74 Å². The van der Waals surface area contributed by atoms with Gasteiger partial charge in [0.05, 0.1) is 7.11 Å². The lowest BCUT2D eigenvalue weighted by atomic mass is 10.0. The Bertz CT molecular complexity index is 286. The molecular formula is C13H24N2O3. The van der Waals surface area contributed by atoms with Crippen molar-refractivity contribution < 1.29 is 14.3 Å². The van der Waals surface area contributed by atoms with E-state index < -0.39 is 12.0 Å². The molecule has 1 saturated heterocycles. The SMILES string of the molecule is COC(=O)C(C(=O)CCN(C)C)N1CCCCC1. The van der Waals surface area contributed by atoms with E-state index in [-0.39, 0.29) is 5.78 Å². The van der Waals surface area contributed by atoms with Crippen LogP contribution in [0.5, 0.6) is 0 Å². The van der Waals surface area contributed by atoms with Crippen molar-refractivity contribution in [2.45, 2.75) is 31.7 Å². The summed E-state index contributed by atoms with van der Waals surface area (Å²) in [6.07, 6.45) is 3.67. The quantitative estimate of drug-likeness (QED) is 0.513. The number of ether oxygens (including phenoxy) is 1. The number of ketones is 1. The van der Waals surface area contributed by atoms with Crippen molar-refractivity contribution in [1.29, 1.82) is 0 Å². The zero-order valence-corrected chi connectivity index (χ0v) is 11.6. The van der Waals surface area contributed by atoms with Crippen LogP contribution < -0.4 is 0 Å². The number of hydrogen-bond acceptors (Lipinski definition) is 5. The Morgan fingerprint density at radius 2 is 1.83 bits per heavy atom. The van der Waals surface area contributed by atoms with Crippen LogP contribution in [-0.2, 0) is 14.3 Å². The van der Waals surface area contributed by atoms with E-state index >= 15 is 0 Å². The first-order valence-electron chi connectivity index (χ1n) is 6.55. The molecule has 104 valence electrons. The molecule has 0 bridgehead atoms. The van der Waals surface area contributed by atoms with Crippen LogP contribution in [0.15, 0.2) is 0 Å². The van der Waals surface area contributed by atoms with E-state index in [1.807, 2.05) is 23.9 Å². The molecule has 1 rings (SSSR count). The Morgan fingerprint density at radius 3 is 2.33 bits per heavy atom. The summed E-state index contributed by atoms with van der Waals surface area (Å²) in [7, 11) is 5.18. The highest BCUT2D eigenvalue weighted by molar-refractivity contribution is 6.03. The second-order valence-corrected chi connectivity index (χ2v) is 5.04. The van der Waals surface area contributed by atoms with Gasteiger partial charge >= 0.3 is 5.97 Å². The highest BCUT2D eigenvalue weighted by Crippen LogP contribution is 2.15. The molecule has 1 fully saturated rings. The van der Waals surface area contributed by atoms with Crippen molar-refractivity contribution >= 4 is 11.8 Å². The summed E-state index contributed by atoms with van der Waals surface area (Å²) in [5, 5.41) is 0. The van der Waals surface area contributed by atoms with Gasteiger partial charge in [-0.05, 0) is 40.0 Å². The minimum atomic E-state index is -0.699. The van der Waals surface area contributed by atoms with Gasteiger partial charge in [-0.3, -0.25) is 9.69 Å². The maximum atomic E-state index is 12.2. The molecule has 1 aliphatic heterocycles. The first-order chi connectivity index (χ1) is 8.56. The maximum absolute atomic E-state index is 12.2. The van der Waals surface area contributed by atoms with Crippen LogP contribution in [0.2, 0.25) is 0 Å². The van der Waals surface area contributed by atoms with Gasteiger partial charge in [0, 0.05) is 13.0 Å². The number of carbonyl (C=O) groups excluding carboxylic acids is 2. The lowest BCUT2D eigenvalue weighted by Gasteiger charge is -2.32. The lowest BCUT2D eigenvalue weighted by Crippen LogP contribution is -2.49. The number of Topliss-reactive ketones (excluding diaryl/α,β-unsaturated/α-hetero) is 1. The normalized spacial score (nSPS) is 18.7.